The minimum atomic E-state index is -0.513. The Morgan fingerprint density at radius 1 is 1.59 bits per heavy atom. The summed E-state index contributed by atoms with van der Waals surface area (Å²) in [4.78, 5) is 15.7. The van der Waals surface area contributed by atoms with Crippen molar-refractivity contribution in [3.05, 3.63) is 23.1 Å². The van der Waals surface area contributed by atoms with Gasteiger partial charge in [0.15, 0.2) is 5.65 Å². The molecule has 17 heavy (non-hydrogen) atoms. The quantitative estimate of drug-likeness (QED) is 0.672. The zero-order chi connectivity index (χ0) is 11.8. The zero-order valence-electron chi connectivity index (χ0n) is 9.30. The third-order valence-electron chi connectivity index (χ3n) is 2.85. The molecule has 3 rings (SSSR count). The Bertz CT molecular complexity index is 592. The zero-order valence-corrected chi connectivity index (χ0v) is 9.30. The number of ether oxygens (including phenoxy) is 1. The molecule has 0 saturated heterocycles. The number of rotatable bonds is 1. The van der Waals surface area contributed by atoms with Gasteiger partial charge in [0.05, 0.1) is 12.8 Å². The number of carbonyl (C=O) groups is 1. The van der Waals surface area contributed by atoms with Crippen molar-refractivity contribution in [1.29, 1.82) is 0 Å². The van der Waals surface area contributed by atoms with Gasteiger partial charge in [-0.3, -0.25) is 0 Å². The Kier molecular flexibility index (Phi) is 2.25. The average molecular weight is 233 g/mol. The number of fused-ring (bicyclic) bond motifs is 3. The molecule has 7 nitrogen and oxygen atoms in total. The van der Waals surface area contributed by atoms with E-state index in [1.54, 1.807) is 10.7 Å². The fraction of sp³-hybridized carbons (Fsp3) is 0.400. The van der Waals surface area contributed by atoms with E-state index in [0.29, 0.717) is 5.65 Å². The minimum Gasteiger partial charge on any atom is -0.464 e. The molecule has 2 aromatic rings. The molecular formula is C10H11N5O2. The van der Waals surface area contributed by atoms with Gasteiger partial charge in [0.1, 0.15) is 0 Å². The molecule has 0 aromatic carbocycles. The summed E-state index contributed by atoms with van der Waals surface area (Å²) in [6.45, 7) is 1.66. The van der Waals surface area contributed by atoms with Crippen molar-refractivity contribution in [3.8, 4) is 0 Å². The van der Waals surface area contributed by atoms with Gasteiger partial charge >= 0.3 is 5.97 Å². The monoisotopic (exact) mass is 233 g/mol. The van der Waals surface area contributed by atoms with Crippen molar-refractivity contribution >= 4 is 11.6 Å². The van der Waals surface area contributed by atoms with Crippen LogP contribution in [0.2, 0.25) is 0 Å². The van der Waals surface area contributed by atoms with E-state index in [-0.39, 0.29) is 5.69 Å². The summed E-state index contributed by atoms with van der Waals surface area (Å²) >= 11 is 0. The minimum absolute atomic E-state index is 0.161. The number of methoxy groups -OCH3 is 1. The van der Waals surface area contributed by atoms with Crippen LogP contribution in [0, 0.1) is 0 Å². The molecule has 0 unspecified atom stereocenters. The second-order valence-corrected chi connectivity index (χ2v) is 3.82. The molecule has 0 bridgehead atoms. The first-order valence-corrected chi connectivity index (χ1v) is 5.32. The van der Waals surface area contributed by atoms with E-state index in [2.05, 4.69) is 25.3 Å². The SMILES string of the molecule is COC(=O)c1nnn2c3c(cnc12)CNCC3. The van der Waals surface area contributed by atoms with Crippen molar-refractivity contribution in [2.75, 3.05) is 13.7 Å². The molecule has 0 aliphatic carbocycles. The molecule has 88 valence electrons. The summed E-state index contributed by atoms with van der Waals surface area (Å²) in [6.07, 6.45) is 2.60. The van der Waals surface area contributed by atoms with Gasteiger partial charge in [-0.15, -0.1) is 5.10 Å². The van der Waals surface area contributed by atoms with Crippen LogP contribution in [0.5, 0.6) is 0 Å². The molecule has 0 spiro atoms. The lowest BCUT2D eigenvalue weighted by Gasteiger charge is -2.16. The number of esters is 1. The van der Waals surface area contributed by atoms with Crippen LogP contribution in [-0.4, -0.2) is 39.4 Å². The molecule has 7 heteroatoms. The lowest BCUT2D eigenvalue weighted by atomic mass is 10.1. The van der Waals surface area contributed by atoms with Crippen LogP contribution in [0.15, 0.2) is 6.20 Å². The number of nitrogens with zero attached hydrogens (tertiary/aromatic N) is 4. The first kappa shape index (κ1) is 10.2. The summed E-state index contributed by atoms with van der Waals surface area (Å²) < 4.78 is 6.27. The fourth-order valence-electron chi connectivity index (χ4n) is 2.00. The van der Waals surface area contributed by atoms with Crippen molar-refractivity contribution in [2.45, 2.75) is 13.0 Å². The second-order valence-electron chi connectivity index (χ2n) is 3.82. The summed E-state index contributed by atoms with van der Waals surface area (Å²) in [7, 11) is 1.32. The number of nitrogens with one attached hydrogen (secondary N) is 1. The molecular weight excluding hydrogens is 222 g/mol. The van der Waals surface area contributed by atoms with Crippen LogP contribution in [0.4, 0.5) is 0 Å². The van der Waals surface area contributed by atoms with Crippen molar-refractivity contribution in [1.82, 2.24) is 25.1 Å². The molecule has 1 N–H and O–H groups in total. The second kappa shape index (κ2) is 3.77. The number of carbonyl (C=O) groups excluding carboxylic acids is 1. The maximum atomic E-state index is 11.5. The van der Waals surface area contributed by atoms with E-state index in [1.807, 2.05) is 0 Å². The smallest absolute Gasteiger partial charge is 0.362 e. The Morgan fingerprint density at radius 3 is 3.29 bits per heavy atom. The first-order chi connectivity index (χ1) is 8.31. The van der Waals surface area contributed by atoms with E-state index in [0.717, 1.165) is 30.8 Å². The maximum absolute atomic E-state index is 11.5. The molecule has 2 aromatic heterocycles. The molecule has 0 atom stereocenters. The maximum Gasteiger partial charge on any atom is 0.362 e. The van der Waals surface area contributed by atoms with Crippen LogP contribution < -0.4 is 5.32 Å². The van der Waals surface area contributed by atoms with Gasteiger partial charge < -0.3 is 10.1 Å². The number of hydrogen-bond acceptors (Lipinski definition) is 6. The highest BCUT2D eigenvalue weighted by Crippen LogP contribution is 2.15. The third kappa shape index (κ3) is 1.47. The summed E-state index contributed by atoms with van der Waals surface area (Å²) in [5.41, 5.74) is 2.76. The van der Waals surface area contributed by atoms with Gasteiger partial charge in [-0.05, 0) is 0 Å². The van der Waals surface area contributed by atoms with Crippen molar-refractivity contribution in [2.24, 2.45) is 0 Å². The van der Waals surface area contributed by atoms with Gasteiger partial charge in [0, 0.05) is 31.3 Å². The Balaban J connectivity index is 2.22. The predicted molar refractivity (Wildman–Crippen MR) is 57.5 cm³/mol. The van der Waals surface area contributed by atoms with E-state index >= 15 is 0 Å². The molecule has 0 saturated carbocycles. The number of aromatic nitrogens is 4. The van der Waals surface area contributed by atoms with E-state index in [1.165, 1.54) is 7.11 Å². The lowest BCUT2D eigenvalue weighted by molar-refractivity contribution is 0.0596. The Labute approximate surface area is 96.8 Å². The topological polar surface area (TPSA) is 81.4 Å². The van der Waals surface area contributed by atoms with E-state index in [9.17, 15) is 4.79 Å². The molecule has 0 radical (unpaired) electrons. The third-order valence-corrected chi connectivity index (χ3v) is 2.85. The predicted octanol–water partition coefficient (Wildman–Crippen LogP) is -0.443. The number of hydrogen-bond donors (Lipinski definition) is 1. The first-order valence-electron chi connectivity index (χ1n) is 5.32. The van der Waals surface area contributed by atoms with E-state index in [4.69, 9.17) is 0 Å². The van der Waals surface area contributed by atoms with Crippen molar-refractivity contribution < 1.29 is 9.53 Å². The van der Waals surface area contributed by atoms with Crippen LogP contribution in [0.25, 0.3) is 5.65 Å². The highest BCUT2D eigenvalue weighted by atomic mass is 16.5. The highest BCUT2D eigenvalue weighted by molar-refractivity contribution is 5.93. The van der Waals surface area contributed by atoms with Gasteiger partial charge in [0.2, 0.25) is 5.69 Å². The van der Waals surface area contributed by atoms with Crippen molar-refractivity contribution in [3.63, 3.8) is 0 Å². The Hall–Kier alpha value is -2.02. The standard InChI is InChI=1S/C10H11N5O2/c1-17-10(16)8-9-12-5-6-4-11-3-2-7(6)15(9)14-13-8/h5,11H,2-4H2,1H3. The lowest BCUT2D eigenvalue weighted by Crippen LogP contribution is -2.26. The fourth-order valence-corrected chi connectivity index (χ4v) is 2.00. The normalized spacial score (nSPS) is 14.6. The summed E-state index contributed by atoms with van der Waals surface area (Å²) in [5, 5.41) is 11.1. The van der Waals surface area contributed by atoms with Gasteiger partial charge in [-0.25, -0.2) is 9.78 Å². The van der Waals surface area contributed by atoms with Gasteiger partial charge in [-0.2, -0.15) is 4.52 Å². The summed E-state index contributed by atoms with van der Waals surface area (Å²) in [5.74, 6) is -0.513. The Morgan fingerprint density at radius 2 is 2.47 bits per heavy atom. The van der Waals surface area contributed by atoms with Crippen LogP contribution in [0.1, 0.15) is 21.7 Å². The average Bonchev–Trinajstić information content (AvgIpc) is 2.82. The van der Waals surface area contributed by atoms with Gasteiger partial charge in [-0.1, -0.05) is 5.21 Å². The van der Waals surface area contributed by atoms with Gasteiger partial charge in [0.25, 0.3) is 0 Å². The molecule has 3 heterocycles. The van der Waals surface area contributed by atoms with Crippen LogP contribution in [-0.2, 0) is 17.7 Å². The highest BCUT2D eigenvalue weighted by Gasteiger charge is 2.21. The largest absolute Gasteiger partial charge is 0.464 e. The summed E-state index contributed by atoms with van der Waals surface area (Å²) in [6, 6.07) is 0. The molecule has 0 fully saturated rings. The van der Waals surface area contributed by atoms with Crippen LogP contribution >= 0.6 is 0 Å². The molecule has 1 aliphatic heterocycles. The molecule has 0 amide bonds. The molecule has 1 aliphatic rings. The van der Waals surface area contributed by atoms with E-state index < -0.39 is 5.97 Å². The van der Waals surface area contributed by atoms with Crippen LogP contribution in [0.3, 0.4) is 0 Å².